The fourth-order valence-corrected chi connectivity index (χ4v) is 1.83. The topological polar surface area (TPSA) is 125 Å². The highest BCUT2D eigenvalue weighted by molar-refractivity contribution is 6.37. The molecule has 1 saturated heterocycles. The summed E-state index contributed by atoms with van der Waals surface area (Å²) in [6.45, 7) is 0.848. The van der Waals surface area contributed by atoms with Gasteiger partial charge in [-0.3, -0.25) is 14.4 Å². The molecule has 0 unspecified atom stereocenters. The van der Waals surface area contributed by atoms with Gasteiger partial charge in [0.2, 0.25) is 5.91 Å². The zero-order chi connectivity index (χ0) is 14.6. The first-order valence-electron chi connectivity index (χ1n) is 5.54. The molecule has 1 aliphatic rings. The molecule has 1 fully saturated rings. The van der Waals surface area contributed by atoms with Crippen molar-refractivity contribution in [3.8, 4) is 0 Å². The van der Waals surface area contributed by atoms with E-state index in [1.165, 1.54) is 6.92 Å². The van der Waals surface area contributed by atoms with Crippen LogP contribution in [0, 0.1) is 0 Å². The van der Waals surface area contributed by atoms with Crippen molar-refractivity contribution in [2.24, 2.45) is 0 Å². The van der Waals surface area contributed by atoms with E-state index >= 15 is 0 Å². The summed E-state index contributed by atoms with van der Waals surface area (Å²) in [7, 11) is 0. The van der Waals surface area contributed by atoms with E-state index in [0.29, 0.717) is 0 Å². The molecule has 0 aliphatic carbocycles. The number of halogens is 1. The summed E-state index contributed by atoms with van der Waals surface area (Å²) in [6, 6.07) is 0. The molecule has 2 amide bonds. The van der Waals surface area contributed by atoms with Crippen LogP contribution in [0.15, 0.2) is 0 Å². The lowest BCUT2D eigenvalue weighted by Crippen LogP contribution is -2.68. The number of hydrogen-bond acceptors (Lipinski definition) is 6. The van der Waals surface area contributed by atoms with E-state index < -0.39 is 34.9 Å². The lowest BCUT2D eigenvalue weighted by molar-refractivity contribution is -0.147. The molecule has 9 heteroatoms. The third kappa shape index (κ3) is 3.34. The van der Waals surface area contributed by atoms with Crippen molar-refractivity contribution in [2.75, 3.05) is 19.7 Å². The van der Waals surface area contributed by atoms with Gasteiger partial charge in [0.15, 0.2) is 11.0 Å². The van der Waals surface area contributed by atoms with Crippen molar-refractivity contribution in [1.82, 2.24) is 10.6 Å². The molecule has 1 heterocycles. The first kappa shape index (κ1) is 15.7. The third-order valence-electron chi connectivity index (χ3n) is 2.64. The van der Waals surface area contributed by atoms with Gasteiger partial charge in [0.25, 0.3) is 5.91 Å². The van der Waals surface area contributed by atoms with Crippen LogP contribution in [0.1, 0.15) is 6.92 Å². The Labute approximate surface area is 114 Å². The molecule has 3 atom stereocenters. The summed E-state index contributed by atoms with van der Waals surface area (Å²) in [5.41, 5.74) is 0. The number of esters is 1. The molecule has 0 aromatic rings. The van der Waals surface area contributed by atoms with Gasteiger partial charge in [-0.2, -0.15) is 0 Å². The Kier molecular flexibility index (Phi) is 5.10. The van der Waals surface area contributed by atoms with E-state index in [-0.39, 0.29) is 19.7 Å². The molecule has 0 spiro atoms. The van der Waals surface area contributed by atoms with Crippen LogP contribution in [0.3, 0.4) is 0 Å². The minimum absolute atomic E-state index is 0.0477. The number of ether oxygens (including phenoxy) is 1. The van der Waals surface area contributed by atoms with Gasteiger partial charge in [0.1, 0.15) is 12.7 Å². The minimum Gasteiger partial charge on any atom is -0.464 e. The average Bonchev–Trinajstić information content (AvgIpc) is 2.36. The molecule has 4 N–H and O–H groups in total. The van der Waals surface area contributed by atoms with Gasteiger partial charge in [-0.25, -0.2) is 0 Å². The second-order valence-electron chi connectivity index (χ2n) is 4.03. The Morgan fingerprint density at radius 2 is 2.21 bits per heavy atom. The van der Waals surface area contributed by atoms with Gasteiger partial charge in [-0.05, 0) is 0 Å². The Bertz CT molecular complexity index is 390. The molecule has 0 saturated carbocycles. The van der Waals surface area contributed by atoms with Gasteiger partial charge in [-0.15, -0.1) is 11.6 Å². The predicted octanol–water partition coefficient (Wildman–Crippen LogP) is -2.51. The van der Waals surface area contributed by atoms with E-state index in [1.807, 2.05) is 0 Å². The van der Waals surface area contributed by atoms with Gasteiger partial charge < -0.3 is 25.6 Å². The quantitative estimate of drug-likeness (QED) is 0.258. The Balaban J connectivity index is 2.61. The summed E-state index contributed by atoms with van der Waals surface area (Å²) in [4.78, 5) is 31.5. The van der Waals surface area contributed by atoms with Crippen LogP contribution in [-0.4, -0.2) is 64.8 Å². The van der Waals surface area contributed by atoms with E-state index in [9.17, 15) is 24.6 Å². The van der Waals surface area contributed by atoms with Crippen molar-refractivity contribution in [1.29, 1.82) is 0 Å². The highest BCUT2D eigenvalue weighted by Crippen LogP contribution is 2.28. The number of carbonyl (C=O) groups is 3. The highest BCUT2D eigenvalue weighted by Gasteiger charge is 2.55. The molecular weight excluding hydrogens is 280 g/mol. The van der Waals surface area contributed by atoms with Crippen LogP contribution >= 0.6 is 11.6 Å². The number of amides is 2. The van der Waals surface area contributed by atoms with Crippen LogP contribution in [-0.2, 0) is 19.1 Å². The number of aliphatic hydroxyl groups is 2. The summed E-state index contributed by atoms with van der Waals surface area (Å²) in [6.07, 6.45) is -3.30. The number of piperidine rings is 1. The number of rotatable bonds is 4. The van der Waals surface area contributed by atoms with Gasteiger partial charge in [0, 0.05) is 13.5 Å². The zero-order valence-corrected chi connectivity index (χ0v) is 10.9. The molecule has 0 aromatic heterocycles. The lowest BCUT2D eigenvalue weighted by atomic mass is 9.89. The van der Waals surface area contributed by atoms with E-state index in [4.69, 9.17) is 11.6 Å². The van der Waals surface area contributed by atoms with Gasteiger partial charge >= 0.3 is 5.97 Å². The van der Waals surface area contributed by atoms with Crippen LogP contribution in [0.4, 0.5) is 0 Å². The molecule has 0 aromatic carbocycles. The van der Waals surface area contributed by atoms with Crippen LogP contribution < -0.4 is 10.6 Å². The number of aliphatic hydroxyl groups excluding tert-OH is 2. The van der Waals surface area contributed by atoms with Crippen LogP contribution in [0.25, 0.3) is 0 Å². The fraction of sp³-hybridized carbons (Fsp3) is 0.700. The number of carbonyl (C=O) groups excluding carboxylic acids is 3. The number of alkyl halides is 1. The summed E-state index contributed by atoms with van der Waals surface area (Å²) in [5.74, 6) is -2.25. The highest BCUT2D eigenvalue weighted by atomic mass is 35.5. The third-order valence-corrected chi connectivity index (χ3v) is 3.27. The molecule has 8 nitrogen and oxygen atoms in total. The molecule has 19 heavy (non-hydrogen) atoms. The molecule has 1 aliphatic heterocycles. The van der Waals surface area contributed by atoms with Crippen molar-refractivity contribution in [3.05, 3.63) is 0 Å². The molecule has 1 rings (SSSR count). The first-order valence-corrected chi connectivity index (χ1v) is 5.92. The van der Waals surface area contributed by atoms with Crippen LogP contribution in [0.5, 0.6) is 0 Å². The van der Waals surface area contributed by atoms with Gasteiger partial charge in [-0.1, -0.05) is 0 Å². The van der Waals surface area contributed by atoms with E-state index in [1.54, 1.807) is 0 Å². The van der Waals surface area contributed by atoms with E-state index in [0.717, 1.165) is 0 Å². The van der Waals surface area contributed by atoms with Crippen molar-refractivity contribution >= 4 is 29.4 Å². The normalized spacial score (nSPS) is 30.4. The largest absolute Gasteiger partial charge is 0.464 e. The van der Waals surface area contributed by atoms with Crippen molar-refractivity contribution in [2.45, 2.75) is 24.0 Å². The predicted molar refractivity (Wildman–Crippen MR) is 63.3 cm³/mol. The smallest absolute Gasteiger partial charge is 0.302 e. The minimum atomic E-state index is -2.15. The molecular formula is C10H15ClN2O6. The zero-order valence-electron chi connectivity index (χ0n) is 10.2. The lowest BCUT2D eigenvalue weighted by Gasteiger charge is -2.37. The molecule has 108 valence electrons. The monoisotopic (exact) mass is 294 g/mol. The molecule has 0 radical (unpaired) electrons. The van der Waals surface area contributed by atoms with E-state index in [2.05, 4.69) is 15.4 Å². The average molecular weight is 295 g/mol. The number of hydrogen-bond donors (Lipinski definition) is 4. The SMILES string of the molecule is CC(=O)OCCNC(=O)[C@]1(Cl)[C@H](O)CNC(=O)[C@@H]1O. The Hall–Kier alpha value is -1.38. The van der Waals surface area contributed by atoms with Crippen LogP contribution in [0.2, 0.25) is 0 Å². The van der Waals surface area contributed by atoms with Crippen molar-refractivity contribution < 1.29 is 29.3 Å². The maximum Gasteiger partial charge on any atom is 0.302 e. The Morgan fingerprint density at radius 3 is 2.79 bits per heavy atom. The fourth-order valence-electron chi connectivity index (χ4n) is 1.59. The summed E-state index contributed by atoms with van der Waals surface area (Å²) < 4.78 is 4.59. The van der Waals surface area contributed by atoms with Gasteiger partial charge in [0.05, 0.1) is 6.54 Å². The molecule has 0 bridgehead atoms. The number of nitrogens with one attached hydrogen (secondary N) is 2. The number of β-amino-alcohol motifs (C(OH)–C–C–N with tert-alkyl or cyclic N) is 1. The maximum atomic E-state index is 11.8. The second-order valence-corrected chi connectivity index (χ2v) is 4.65. The summed E-state index contributed by atoms with van der Waals surface area (Å²) >= 11 is 5.88. The summed E-state index contributed by atoms with van der Waals surface area (Å²) in [5, 5.41) is 23.8. The second kappa shape index (κ2) is 6.18. The van der Waals surface area contributed by atoms with Crippen molar-refractivity contribution in [3.63, 3.8) is 0 Å². The Morgan fingerprint density at radius 1 is 1.58 bits per heavy atom. The first-order chi connectivity index (χ1) is 8.80. The standard InChI is InChI=1S/C10H15ClN2O6/c1-5(14)19-3-2-12-9(18)10(11)6(15)4-13-8(17)7(10)16/h6-7,15-16H,2-4H2,1H3,(H,12,18)(H,13,17)/t6-,7+,10+/m1/s1. The maximum absolute atomic E-state index is 11.8.